The predicted octanol–water partition coefficient (Wildman–Crippen LogP) is -0.869. The second-order valence-corrected chi connectivity index (χ2v) is 3.51. The van der Waals surface area contributed by atoms with E-state index < -0.39 is 29.4 Å². The average molecular weight is 405 g/mol. The van der Waals surface area contributed by atoms with Crippen LogP contribution in [0.1, 0.15) is 10.4 Å². The molecular weight excluding hydrogens is 394 g/mol. The first-order valence-corrected chi connectivity index (χ1v) is 4.78. The summed E-state index contributed by atoms with van der Waals surface area (Å²) in [6.07, 6.45) is -2.76. The molecule has 8 heteroatoms. The molecule has 0 saturated carbocycles. The van der Waals surface area contributed by atoms with Gasteiger partial charge in [-0.1, -0.05) is 30.3 Å². The van der Waals surface area contributed by atoms with Crippen LogP contribution in [-0.4, -0.2) is 49.9 Å². The summed E-state index contributed by atoms with van der Waals surface area (Å²) in [5.74, 6) is -5.54. The quantitative estimate of drug-likeness (QED) is 0.370. The van der Waals surface area contributed by atoms with Gasteiger partial charge in [0, 0.05) is 46.0 Å². The molecule has 0 aliphatic carbocycles. The zero-order chi connectivity index (χ0) is 13.9. The Balaban J connectivity index is 0.00000324. The summed E-state index contributed by atoms with van der Waals surface area (Å²) in [5.41, 5.74) is -3.64. The van der Waals surface area contributed by atoms with Crippen LogP contribution >= 0.6 is 0 Å². The van der Waals surface area contributed by atoms with Crippen molar-refractivity contribution in [3.05, 3.63) is 35.9 Å². The summed E-state index contributed by atoms with van der Waals surface area (Å²) in [6.45, 7) is 0. The topological polar surface area (TPSA) is 132 Å². The van der Waals surface area contributed by atoms with Gasteiger partial charge in [0.15, 0.2) is 6.10 Å². The number of carbonyl (C=O) groups excluding carboxylic acids is 1. The van der Waals surface area contributed by atoms with Gasteiger partial charge >= 0.3 is 11.9 Å². The van der Waals surface area contributed by atoms with Gasteiger partial charge in [-0.25, -0.2) is 9.59 Å². The number of hydrogen-bond donors (Lipinski definition) is 4. The van der Waals surface area contributed by atoms with Crippen LogP contribution in [0.25, 0.3) is 0 Å². The molecular formula is C11H10O7Sm. The molecule has 0 aliphatic rings. The van der Waals surface area contributed by atoms with Crippen molar-refractivity contribution in [2.45, 2.75) is 11.7 Å². The second-order valence-electron chi connectivity index (χ2n) is 3.51. The fourth-order valence-electron chi connectivity index (χ4n) is 1.33. The summed E-state index contributed by atoms with van der Waals surface area (Å²) in [7, 11) is 0. The Labute approximate surface area is 140 Å². The van der Waals surface area contributed by atoms with Crippen LogP contribution in [0, 0.1) is 40.4 Å². The van der Waals surface area contributed by atoms with E-state index in [4.69, 9.17) is 10.2 Å². The minimum Gasteiger partial charge on any atom is -0.479 e. The van der Waals surface area contributed by atoms with Gasteiger partial charge in [-0.15, -0.1) is 0 Å². The average Bonchev–Trinajstić information content (AvgIpc) is 2.36. The summed E-state index contributed by atoms with van der Waals surface area (Å²) >= 11 is 0. The Bertz CT molecular complexity index is 487. The van der Waals surface area contributed by atoms with E-state index in [-0.39, 0.29) is 46.0 Å². The van der Waals surface area contributed by atoms with Crippen LogP contribution in [0.4, 0.5) is 0 Å². The number of carboxylic acid groups (broad SMARTS) is 2. The minimum atomic E-state index is -3.42. The van der Waals surface area contributed by atoms with Gasteiger partial charge in [0.2, 0.25) is 5.78 Å². The molecule has 2 atom stereocenters. The van der Waals surface area contributed by atoms with Gasteiger partial charge in [0.05, 0.1) is 0 Å². The van der Waals surface area contributed by atoms with Gasteiger partial charge in [-0.2, -0.15) is 0 Å². The van der Waals surface area contributed by atoms with Gasteiger partial charge < -0.3 is 20.4 Å². The van der Waals surface area contributed by atoms with E-state index in [0.29, 0.717) is 0 Å². The number of hydrogen-bond acceptors (Lipinski definition) is 5. The van der Waals surface area contributed by atoms with Crippen molar-refractivity contribution >= 4 is 17.7 Å². The first kappa shape index (κ1) is 18.1. The van der Waals surface area contributed by atoms with Gasteiger partial charge in [0.1, 0.15) is 0 Å². The van der Waals surface area contributed by atoms with Crippen molar-refractivity contribution in [3.8, 4) is 0 Å². The van der Waals surface area contributed by atoms with E-state index in [9.17, 15) is 24.6 Å². The van der Waals surface area contributed by atoms with Crippen molar-refractivity contribution in [1.82, 2.24) is 0 Å². The van der Waals surface area contributed by atoms with E-state index in [1.807, 2.05) is 0 Å². The van der Waals surface area contributed by atoms with Crippen molar-refractivity contribution in [2.24, 2.45) is 0 Å². The fraction of sp³-hybridized carbons (Fsp3) is 0.182. The first-order chi connectivity index (χ1) is 8.31. The van der Waals surface area contributed by atoms with E-state index in [1.165, 1.54) is 24.3 Å². The number of benzene rings is 1. The number of Topliss-reactive ketones (excluding diaryl/α,β-unsaturated/α-hetero) is 1. The third-order valence-corrected chi connectivity index (χ3v) is 2.34. The molecule has 0 aromatic heterocycles. The number of ketones is 1. The molecule has 0 radical (unpaired) electrons. The number of aliphatic hydroxyl groups excluding tert-OH is 1. The van der Waals surface area contributed by atoms with Crippen LogP contribution < -0.4 is 0 Å². The number of aliphatic carboxylic acids is 2. The van der Waals surface area contributed by atoms with Crippen molar-refractivity contribution < 1.29 is 75.2 Å². The third kappa shape index (κ3) is 3.55. The van der Waals surface area contributed by atoms with Gasteiger partial charge in [-0.05, 0) is 0 Å². The molecule has 4 N–H and O–H groups in total. The molecule has 0 heterocycles. The Hall–Kier alpha value is -0.912. The molecule has 1 aromatic carbocycles. The number of rotatable bonds is 5. The van der Waals surface area contributed by atoms with Crippen LogP contribution in [-0.2, 0) is 9.59 Å². The maximum Gasteiger partial charge on any atom is 0.347 e. The largest absolute Gasteiger partial charge is 0.479 e. The Morgan fingerprint density at radius 2 is 1.53 bits per heavy atom. The first-order valence-electron chi connectivity index (χ1n) is 4.78. The standard InChI is InChI=1S/C11H10O7.Sm/c12-7(6-4-2-1-3-5-6)11(18,10(16)17)8(13)9(14)15;/h1-5,8,13,18H,(H,14,15)(H,16,17);. The molecule has 2 unspecified atom stereocenters. The maximum atomic E-state index is 11.8. The zero-order valence-corrected chi connectivity index (χ0v) is 12.0. The number of aliphatic hydroxyl groups is 2. The molecule has 0 aliphatic heterocycles. The zero-order valence-electron chi connectivity index (χ0n) is 9.39. The molecule has 0 bridgehead atoms. The number of carbonyl (C=O) groups is 3. The summed E-state index contributed by atoms with van der Waals surface area (Å²) in [6, 6.07) is 6.76. The Morgan fingerprint density at radius 3 is 1.89 bits per heavy atom. The molecule has 0 spiro atoms. The molecule has 1 aromatic rings. The van der Waals surface area contributed by atoms with Crippen molar-refractivity contribution in [3.63, 3.8) is 0 Å². The predicted molar refractivity (Wildman–Crippen MR) is 57.0 cm³/mol. The van der Waals surface area contributed by atoms with Crippen molar-refractivity contribution in [2.75, 3.05) is 0 Å². The van der Waals surface area contributed by atoms with E-state index in [2.05, 4.69) is 0 Å². The van der Waals surface area contributed by atoms with E-state index in [1.54, 1.807) is 6.07 Å². The second kappa shape index (κ2) is 7.03. The number of carboxylic acids is 2. The molecule has 0 saturated heterocycles. The smallest absolute Gasteiger partial charge is 0.347 e. The molecule has 7 nitrogen and oxygen atoms in total. The molecule has 19 heavy (non-hydrogen) atoms. The normalized spacial score (nSPS) is 14.6. The summed E-state index contributed by atoms with van der Waals surface area (Å²) in [5, 5.41) is 36.2. The fourth-order valence-corrected chi connectivity index (χ4v) is 1.33. The maximum absolute atomic E-state index is 11.8. The van der Waals surface area contributed by atoms with Gasteiger partial charge in [-0.3, -0.25) is 4.79 Å². The van der Waals surface area contributed by atoms with Crippen LogP contribution in [0.2, 0.25) is 0 Å². The summed E-state index contributed by atoms with van der Waals surface area (Å²) < 4.78 is 0. The Morgan fingerprint density at radius 1 is 1.05 bits per heavy atom. The monoisotopic (exact) mass is 406 g/mol. The van der Waals surface area contributed by atoms with Crippen LogP contribution in [0.5, 0.6) is 0 Å². The SMILES string of the molecule is O=C(O)C(O)C(O)(C(=O)O)C(=O)c1ccccc1.[Sm]. The molecule has 102 valence electrons. The molecule has 1 rings (SSSR count). The molecule has 0 fully saturated rings. The van der Waals surface area contributed by atoms with E-state index in [0.717, 1.165) is 0 Å². The van der Waals surface area contributed by atoms with Crippen LogP contribution in [0.3, 0.4) is 0 Å². The summed E-state index contributed by atoms with van der Waals surface area (Å²) in [4.78, 5) is 33.2. The van der Waals surface area contributed by atoms with E-state index >= 15 is 0 Å². The van der Waals surface area contributed by atoms with Crippen LogP contribution in [0.15, 0.2) is 30.3 Å². The van der Waals surface area contributed by atoms with Gasteiger partial charge in [0.25, 0.3) is 5.60 Å². The molecule has 0 amide bonds. The Kier molecular flexibility index (Phi) is 6.69. The minimum absolute atomic E-state index is 0. The van der Waals surface area contributed by atoms with Crippen molar-refractivity contribution in [1.29, 1.82) is 0 Å². The third-order valence-electron chi connectivity index (χ3n) is 2.34.